The molecule has 0 aliphatic heterocycles. The van der Waals surface area contributed by atoms with Crippen LogP contribution in [0.2, 0.25) is 0 Å². The lowest BCUT2D eigenvalue weighted by Crippen LogP contribution is -2.46. The monoisotopic (exact) mass is 252 g/mol. The molecule has 6 nitrogen and oxygen atoms in total. The van der Waals surface area contributed by atoms with E-state index in [1.807, 2.05) is 0 Å². The van der Waals surface area contributed by atoms with E-state index in [9.17, 15) is 0 Å². The molecule has 0 radical (unpaired) electrons. The first kappa shape index (κ1) is 16.0. The Morgan fingerprint density at radius 3 is 2.12 bits per heavy atom. The van der Waals surface area contributed by atoms with Crippen LogP contribution in [0.3, 0.4) is 0 Å². The molecule has 0 rings (SSSR count). The van der Waals surface area contributed by atoms with Gasteiger partial charge in [0.25, 0.3) is 0 Å². The van der Waals surface area contributed by atoms with Crippen molar-refractivity contribution in [3.8, 4) is 0 Å². The molecule has 0 fully saturated rings. The number of rotatable bonds is 11. The predicted molar refractivity (Wildman–Crippen MR) is 63.9 cm³/mol. The Morgan fingerprint density at radius 1 is 1.00 bits per heavy atom. The van der Waals surface area contributed by atoms with E-state index in [2.05, 4.69) is 5.32 Å². The zero-order chi connectivity index (χ0) is 12.3. The Balaban J connectivity index is 3.48. The molecule has 0 aromatic rings. The molecule has 3 N–H and O–H groups in total. The molecule has 0 saturated carbocycles. The van der Waals surface area contributed by atoms with Gasteiger partial charge in [0, 0.05) is 41.0 Å². The first-order valence-electron chi connectivity index (χ1n) is 5.45. The maximum Gasteiger partial charge on any atom is 0.678 e. The van der Waals surface area contributed by atoms with Crippen LogP contribution in [0.25, 0.3) is 0 Å². The molecule has 0 aromatic heterocycles. The van der Waals surface area contributed by atoms with Gasteiger partial charge in [-0.1, -0.05) is 0 Å². The predicted octanol–water partition coefficient (Wildman–Crippen LogP) is -0.294. The molecule has 98 valence electrons. The third-order valence-corrected chi connectivity index (χ3v) is 4.16. The van der Waals surface area contributed by atoms with Crippen molar-refractivity contribution in [3.63, 3.8) is 0 Å². The minimum absolute atomic E-state index is 0.575. The maximum atomic E-state index is 5.50. The third-order valence-electron chi connectivity index (χ3n) is 2.10. The van der Waals surface area contributed by atoms with Gasteiger partial charge in [-0.15, -0.1) is 0 Å². The fourth-order valence-electron chi connectivity index (χ4n) is 1.20. The second kappa shape index (κ2) is 10.2. The van der Waals surface area contributed by atoms with Gasteiger partial charge in [-0.05, 0) is 19.4 Å². The highest BCUT2D eigenvalue weighted by molar-refractivity contribution is 6.53. The smallest absolute Gasteiger partial charge is 0.355 e. The van der Waals surface area contributed by atoms with Gasteiger partial charge < -0.3 is 28.8 Å². The lowest BCUT2D eigenvalue weighted by Gasteiger charge is -2.22. The Kier molecular flexibility index (Phi) is 10.1. The Labute approximate surface area is 98.9 Å². The van der Waals surface area contributed by atoms with Crippen molar-refractivity contribution in [2.75, 3.05) is 47.6 Å². The molecular weight excluding hydrogens is 228 g/mol. The van der Waals surface area contributed by atoms with Crippen LogP contribution in [-0.4, -0.2) is 56.6 Å². The molecule has 0 amide bonds. The van der Waals surface area contributed by atoms with Crippen LogP contribution in [0.4, 0.5) is 0 Å². The number of hydrogen-bond donors (Lipinski definition) is 2. The molecule has 0 aliphatic carbocycles. The van der Waals surface area contributed by atoms with Crippen molar-refractivity contribution in [2.24, 2.45) is 5.73 Å². The van der Waals surface area contributed by atoms with Crippen LogP contribution in [0.5, 0.6) is 0 Å². The van der Waals surface area contributed by atoms with Crippen LogP contribution < -0.4 is 11.1 Å². The van der Waals surface area contributed by atoms with Crippen molar-refractivity contribution in [1.82, 2.24) is 5.32 Å². The molecule has 0 aliphatic rings. The fraction of sp³-hybridized carbons (Fsp3) is 1.00. The summed E-state index contributed by atoms with van der Waals surface area (Å²) in [6.45, 7) is 3.05. The van der Waals surface area contributed by atoms with E-state index in [0.717, 1.165) is 25.9 Å². The molecule has 0 atom stereocenters. The van der Waals surface area contributed by atoms with Gasteiger partial charge in [0.05, 0.1) is 0 Å². The van der Waals surface area contributed by atoms with E-state index < -0.39 is 9.05 Å². The number of hydrogen-bond acceptors (Lipinski definition) is 6. The first-order chi connectivity index (χ1) is 7.74. The molecule has 0 aromatic carbocycles. The van der Waals surface area contributed by atoms with Crippen LogP contribution in [0.15, 0.2) is 0 Å². The van der Waals surface area contributed by atoms with Crippen LogP contribution >= 0.6 is 0 Å². The average molecular weight is 252 g/mol. The average Bonchev–Trinajstić information content (AvgIpc) is 2.34. The molecule has 0 saturated heterocycles. The molecule has 7 heteroatoms. The van der Waals surface area contributed by atoms with Gasteiger partial charge in [0.1, 0.15) is 0 Å². The van der Waals surface area contributed by atoms with Crippen molar-refractivity contribution in [1.29, 1.82) is 0 Å². The summed E-state index contributed by atoms with van der Waals surface area (Å²) in [6, 6.07) is 0. The normalized spacial score (nSPS) is 12.0. The van der Waals surface area contributed by atoms with Gasteiger partial charge in [-0.2, -0.15) is 0 Å². The summed E-state index contributed by atoms with van der Waals surface area (Å²) >= 11 is 0. The zero-order valence-corrected chi connectivity index (χ0v) is 11.5. The van der Waals surface area contributed by atoms with E-state index in [1.54, 1.807) is 0 Å². The van der Waals surface area contributed by atoms with E-state index in [4.69, 9.17) is 23.4 Å². The maximum absolute atomic E-state index is 5.50. The fourth-order valence-corrected chi connectivity index (χ4v) is 2.45. The number of nitrogens with two attached hydrogens (primary N) is 1. The van der Waals surface area contributed by atoms with E-state index >= 15 is 0 Å². The van der Waals surface area contributed by atoms with Crippen molar-refractivity contribution < 1.29 is 17.7 Å². The zero-order valence-electron chi connectivity index (χ0n) is 10.5. The summed E-state index contributed by atoms with van der Waals surface area (Å²) in [5.41, 5.74) is 5.35. The van der Waals surface area contributed by atoms with Gasteiger partial charge >= 0.3 is 9.05 Å². The third kappa shape index (κ3) is 6.54. The summed E-state index contributed by atoms with van der Waals surface area (Å²) in [7, 11) is 1.76. The summed E-state index contributed by atoms with van der Waals surface area (Å²) in [4.78, 5) is 0. The van der Waals surface area contributed by atoms with Crippen LogP contribution in [0, 0.1) is 0 Å². The summed E-state index contributed by atoms with van der Waals surface area (Å²) < 4.78 is 20.9. The molecule has 0 heterocycles. The van der Waals surface area contributed by atoms with Gasteiger partial charge in [0.15, 0.2) is 0 Å². The molecule has 16 heavy (non-hydrogen) atoms. The van der Waals surface area contributed by atoms with Crippen molar-refractivity contribution in [2.45, 2.75) is 12.8 Å². The van der Waals surface area contributed by atoms with E-state index in [-0.39, 0.29) is 0 Å². The summed E-state index contributed by atoms with van der Waals surface area (Å²) in [5.74, 6) is 0. The first-order valence-corrected chi connectivity index (χ1v) is 7.08. The SMILES string of the molecule is CO[Si](OC)(OC)OCCCCNCCN. The Hall–Kier alpha value is -0.0231. The largest absolute Gasteiger partial charge is 0.678 e. The summed E-state index contributed by atoms with van der Waals surface area (Å²) in [6.07, 6.45) is 1.96. The standard InChI is InChI=1S/C9H24N2O4Si/c1-12-16(13-2,14-3)15-9-5-4-7-11-8-6-10/h11H,4-10H2,1-3H3. The van der Waals surface area contributed by atoms with E-state index in [1.165, 1.54) is 21.3 Å². The minimum Gasteiger partial charge on any atom is -0.355 e. The molecule has 0 bridgehead atoms. The lowest BCUT2D eigenvalue weighted by atomic mass is 10.3. The highest BCUT2D eigenvalue weighted by Crippen LogP contribution is 2.08. The molecule has 0 spiro atoms. The Bertz CT molecular complexity index is 150. The van der Waals surface area contributed by atoms with Crippen LogP contribution in [0.1, 0.15) is 12.8 Å². The van der Waals surface area contributed by atoms with Gasteiger partial charge in [0.2, 0.25) is 0 Å². The Morgan fingerprint density at radius 2 is 1.62 bits per heavy atom. The topological polar surface area (TPSA) is 75.0 Å². The molecular formula is C9H24N2O4Si. The number of unbranched alkanes of at least 4 members (excludes halogenated alkanes) is 1. The highest BCUT2D eigenvalue weighted by atomic mass is 28.4. The minimum atomic E-state index is -2.83. The lowest BCUT2D eigenvalue weighted by molar-refractivity contribution is 0.00515. The van der Waals surface area contributed by atoms with Gasteiger partial charge in [-0.25, -0.2) is 0 Å². The van der Waals surface area contributed by atoms with Gasteiger partial charge in [-0.3, -0.25) is 0 Å². The van der Waals surface area contributed by atoms with Crippen molar-refractivity contribution >= 4 is 9.05 Å². The quantitative estimate of drug-likeness (QED) is 0.389. The highest BCUT2D eigenvalue weighted by Gasteiger charge is 2.41. The van der Waals surface area contributed by atoms with E-state index in [0.29, 0.717) is 13.2 Å². The number of nitrogens with one attached hydrogen (secondary N) is 1. The second-order valence-corrected chi connectivity index (χ2v) is 5.72. The second-order valence-electron chi connectivity index (χ2n) is 3.21. The molecule has 0 unspecified atom stereocenters. The summed E-state index contributed by atoms with van der Waals surface area (Å²) in [5, 5.41) is 3.21. The van der Waals surface area contributed by atoms with Crippen molar-refractivity contribution in [3.05, 3.63) is 0 Å². The van der Waals surface area contributed by atoms with Crippen LogP contribution in [-0.2, 0) is 17.7 Å².